The van der Waals surface area contributed by atoms with Crippen LogP contribution in [0.25, 0.3) is 22.4 Å². The minimum atomic E-state index is -0.121. The molecule has 0 unspecified atom stereocenters. The number of aryl methyl sites for hydroxylation is 1. The first kappa shape index (κ1) is 14.4. The molecule has 1 aromatic carbocycles. The van der Waals surface area contributed by atoms with Gasteiger partial charge in [0.2, 0.25) is 0 Å². The van der Waals surface area contributed by atoms with Crippen LogP contribution in [-0.2, 0) is 6.61 Å². The van der Waals surface area contributed by atoms with Crippen LogP contribution in [0.2, 0.25) is 0 Å². The predicted molar refractivity (Wildman–Crippen MR) is 87.7 cm³/mol. The van der Waals surface area contributed by atoms with E-state index in [0.717, 1.165) is 22.3 Å². The number of rotatable bonds is 4. The zero-order valence-electron chi connectivity index (χ0n) is 12.9. The van der Waals surface area contributed by atoms with E-state index in [1.807, 2.05) is 37.3 Å². The third-order valence-electron chi connectivity index (χ3n) is 3.67. The molecule has 0 saturated heterocycles. The Bertz CT molecular complexity index is 1010. The molecular weight excluding hydrogens is 308 g/mol. The van der Waals surface area contributed by atoms with Crippen molar-refractivity contribution in [2.75, 3.05) is 5.32 Å². The quantitative estimate of drug-likeness (QED) is 0.594. The van der Waals surface area contributed by atoms with Gasteiger partial charge >= 0.3 is 0 Å². The lowest BCUT2D eigenvalue weighted by Gasteiger charge is -2.07. The molecule has 0 radical (unpaired) electrons. The molecule has 0 saturated carbocycles. The summed E-state index contributed by atoms with van der Waals surface area (Å²) in [6.07, 6.45) is 1.43. The molecule has 0 aliphatic heterocycles. The van der Waals surface area contributed by atoms with E-state index >= 15 is 0 Å². The highest BCUT2D eigenvalue weighted by Gasteiger charge is 2.12. The summed E-state index contributed by atoms with van der Waals surface area (Å²) in [6, 6.07) is 11.3. The molecule has 0 bridgehead atoms. The zero-order chi connectivity index (χ0) is 16.5. The lowest BCUT2D eigenvalue weighted by molar-refractivity contribution is 0.248. The van der Waals surface area contributed by atoms with E-state index in [1.54, 1.807) is 6.07 Å². The molecule has 0 atom stereocenters. The van der Waals surface area contributed by atoms with E-state index in [1.165, 1.54) is 6.33 Å². The SMILES string of the molecule is Cc1noc2ncnc(Nc3cccc(-c4ccc(CO)o4)c3)c12. The number of aliphatic hydroxyl groups is 1. The van der Waals surface area contributed by atoms with E-state index < -0.39 is 0 Å². The Balaban J connectivity index is 1.70. The van der Waals surface area contributed by atoms with Crippen molar-refractivity contribution in [3.8, 4) is 11.3 Å². The Kier molecular flexibility index (Phi) is 3.47. The van der Waals surface area contributed by atoms with Gasteiger partial charge in [-0.2, -0.15) is 4.98 Å². The monoisotopic (exact) mass is 322 g/mol. The summed E-state index contributed by atoms with van der Waals surface area (Å²) in [4.78, 5) is 8.34. The second-order valence-electron chi connectivity index (χ2n) is 5.30. The Labute approximate surface area is 137 Å². The molecule has 7 nitrogen and oxygen atoms in total. The lowest BCUT2D eigenvalue weighted by atomic mass is 10.1. The molecule has 4 rings (SSSR count). The number of furan rings is 1. The minimum absolute atomic E-state index is 0.121. The van der Waals surface area contributed by atoms with Crippen LogP contribution >= 0.6 is 0 Å². The van der Waals surface area contributed by atoms with Crippen molar-refractivity contribution in [1.29, 1.82) is 0 Å². The number of hydrogen-bond acceptors (Lipinski definition) is 7. The van der Waals surface area contributed by atoms with Gasteiger partial charge in [-0.05, 0) is 31.2 Å². The van der Waals surface area contributed by atoms with Gasteiger partial charge in [-0.3, -0.25) is 0 Å². The van der Waals surface area contributed by atoms with Crippen molar-refractivity contribution in [2.24, 2.45) is 0 Å². The molecule has 0 aliphatic rings. The third kappa shape index (κ3) is 2.50. The van der Waals surface area contributed by atoms with E-state index in [9.17, 15) is 0 Å². The lowest BCUT2D eigenvalue weighted by Crippen LogP contribution is -1.95. The first-order valence-corrected chi connectivity index (χ1v) is 7.38. The van der Waals surface area contributed by atoms with Crippen molar-refractivity contribution < 1.29 is 14.0 Å². The minimum Gasteiger partial charge on any atom is -0.459 e. The molecule has 0 fully saturated rings. The third-order valence-corrected chi connectivity index (χ3v) is 3.67. The number of fused-ring (bicyclic) bond motifs is 1. The number of anilines is 2. The van der Waals surface area contributed by atoms with Crippen molar-refractivity contribution in [2.45, 2.75) is 13.5 Å². The highest BCUT2D eigenvalue weighted by molar-refractivity contribution is 5.89. The Hall–Kier alpha value is -3.19. The highest BCUT2D eigenvalue weighted by Crippen LogP contribution is 2.29. The molecular formula is C17H14N4O3. The van der Waals surface area contributed by atoms with Gasteiger partial charge in [0.15, 0.2) is 0 Å². The first-order chi connectivity index (χ1) is 11.7. The van der Waals surface area contributed by atoms with Crippen molar-refractivity contribution >= 4 is 22.6 Å². The summed E-state index contributed by atoms with van der Waals surface area (Å²) < 4.78 is 10.7. The summed E-state index contributed by atoms with van der Waals surface area (Å²) >= 11 is 0. The Morgan fingerprint density at radius 1 is 1.17 bits per heavy atom. The summed E-state index contributed by atoms with van der Waals surface area (Å²) in [6.45, 7) is 1.72. The van der Waals surface area contributed by atoms with Gasteiger partial charge in [0, 0.05) is 11.3 Å². The number of aliphatic hydroxyl groups excluding tert-OH is 1. The number of nitrogens with zero attached hydrogens (tertiary/aromatic N) is 3. The van der Waals surface area contributed by atoms with Crippen LogP contribution in [0.5, 0.6) is 0 Å². The summed E-state index contributed by atoms with van der Waals surface area (Å²) in [5.74, 6) is 1.85. The van der Waals surface area contributed by atoms with Crippen LogP contribution in [0, 0.1) is 6.92 Å². The molecule has 3 aromatic heterocycles. The summed E-state index contributed by atoms with van der Waals surface area (Å²) in [7, 11) is 0. The second kappa shape index (κ2) is 5.78. The molecule has 120 valence electrons. The number of hydrogen-bond donors (Lipinski definition) is 2. The maximum Gasteiger partial charge on any atom is 0.263 e. The fourth-order valence-electron chi connectivity index (χ4n) is 2.52. The molecule has 4 aromatic rings. The average molecular weight is 322 g/mol. The molecule has 0 amide bonds. The predicted octanol–water partition coefficient (Wildman–Crippen LogP) is 3.42. The smallest absolute Gasteiger partial charge is 0.263 e. The zero-order valence-corrected chi connectivity index (χ0v) is 12.9. The van der Waals surface area contributed by atoms with Crippen molar-refractivity contribution in [3.05, 3.63) is 54.2 Å². The van der Waals surface area contributed by atoms with Crippen LogP contribution in [0.15, 0.2) is 51.7 Å². The van der Waals surface area contributed by atoms with Crippen LogP contribution in [-0.4, -0.2) is 20.2 Å². The molecule has 24 heavy (non-hydrogen) atoms. The fraction of sp³-hybridized carbons (Fsp3) is 0.118. The molecule has 7 heteroatoms. The van der Waals surface area contributed by atoms with Crippen LogP contribution in [0.4, 0.5) is 11.5 Å². The maximum absolute atomic E-state index is 9.12. The van der Waals surface area contributed by atoms with Crippen LogP contribution in [0.3, 0.4) is 0 Å². The van der Waals surface area contributed by atoms with Crippen molar-refractivity contribution in [3.63, 3.8) is 0 Å². The fourth-order valence-corrected chi connectivity index (χ4v) is 2.52. The van der Waals surface area contributed by atoms with Gasteiger partial charge in [-0.15, -0.1) is 0 Å². The van der Waals surface area contributed by atoms with Gasteiger partial charge in [-0.25, -0.2) is 4.98 Å². The standard InChI is InChI=1S/C17H14N4O3/c1-10-15-16(18-9-19-17(15)24-21-10)20-12-4-2-3-11(7-12)14-6-5-13(8-22)23-14/h2-7,9,22H,8H2,1H3,(H,18,19,20). The van der Waals surface area contributed by atoms with Crippen LogP contribution in [0.1, 0.15) is 11.5 Å². The topological polar surface area (TPSA) is 97.2 Å². The molecule has 0 spiro atoms. The second-order valence-corrected chi connectivity index (χ2v) is 5.30. The normalized spacial score (nSPS) is 11.1. The maximum atomic E-state index is 9.12. The van der Waals surface area contributed by atoms with Gasteiger partial charge in [-0.1, -0.05) is 17.3 Å². The van der Waals surface area contributed by atoms with Gasteiger partial charge in [0.1, 0.15) is 35.7 Å². The summed E-state index contributed by atoms with van der Waals surface area (Å²) in [5.41, 5.74) is 2.91. The molecule has 2 N–H and O–H groups in total. The highest BCUT2D eigenvalue weighted by atomic mass is 16.5. The molecule has 0 aliphatic carbocycles. The molecule has 3 heterocycles. The largest absolute Gasteiger partial charge is 0.459 e. The Morgan fingerprint density at radius 3 is 2.92 bits per heavy atom. The van der Waals surface area contributed by atoms with E-state index in [-0.39, 0.29) is 6.61 Å². The summed E-state index contributed by atoms with van der Waals surface area (Å²) in [5, 5.41) is 17.1. The van der Waals surface area contributed by atoms with Crippen LogP contribution < -0.4 is 5.32 Å². The van der Waals surface area contributed by atoms with E-state index in [0.29, 0.717) is 23.1 Å². The van der Waals surface area contributed by atoms with E-state index in [4.69, 9.17) is 14.0 Å². The number of aromatic nitrogens is 3. The van der Waals surface area contributed by atoms with Crippen molar-refractivity contribution in [1.82, 2.24) is 15.1 Å². The number of benzene rings is 1. The average Bonchev–Trinajstić information content (AvgIpc) is 3.23. The van der Waals surface area contributed by atoms with E-state index in [2.05, 4.69) is 20.4 Å². The number of nitrogens with one attached hydrogen (secondary N) is 1. The van der Waals surface area contributed by atoms with Gasteiger partial charge in [0.25, 0.3) is 5.71 Å². The van der Waals surface area contributed by atoms with Gasteiger partial charge in [0.05, 0.1) is 5.69 Å². The first-order valence-electron chi connectivity index (χ1n) is 7.38. The Morgan fingerprint density at radius 2 is 2.08 bits per heavy atom. The van der Waals surface area contributed by atoms with Gasteiger partial charge < -0.3 is 19.4 Å².